The summed E-state index contributed by atoms with van der Waals surface area (Å²) in [4.78, 5) is 20.7. The minimum atomic E-state index is -0.259. The molecule has 2 aromatic carbocycles. The highest BCUT2D eigenvalue weighted by Crippen LogP contribution is 2.29. The first-order chi connectivity index (χ1) is 12.7. The molecule has 0 fully saturated rings. The third kappa shape index (κ3) is 2.97. The lowest BCUT2D eigenvalue weighted by molar-refractivity contribution is 0.0911. The van der Waals surface area contributed by atoms with E-state index in [0.717, 1.165) is 39.1 Å². The number of aromatic amines is 1. The van der Waals surface area contributed by atoms with Crippen molar-refractivity contribution in [1.29, 1.82) is 0 Å². The second-order valence-corrected chi connectivity index (χ2v) is 7.04. The van der Waals surface area contributed by atoms with Crippen molar-refractivity contribution in [3.8, 4) is 0 Å². The number of thioether (sulfide) groups is 1. The number of furan rings is 1. The Kier molecular flexibility index (Phi) is 4.42. The van der Waals surface area contributed by atoms with Crippen molar-refractivity contribution in [2.45, 2.75) is 18.7 Å². The molecule has 26 heavy (non-hydrogen) atoms. The van der Waals surface area contributed by atoms with Crippen LogP contribution in [0.5, 0.6) is 0 Å². The van der Waals surface area contributed by atoms with Crippen molar-refractivity contribution in [2.24, 2.45) is 0 Å². The van der Waals surface area contributed by atoms with Crippen LogP contribution in [0.1, 0.15) is 34.9 Å². The maximum atomic E-state index is 12.9. The summed E-state index contributed by atoms with van der Waals surface area (Å²) in [6.07, 6.45) is 2.01. The van der Waals surface area contributed by atoms with E-state index in [1.54, 1.807) is 11.8 Å². The molecule has 5 nitrogen and oxygen atoms in total. The minimum Gasteiger partial charge on any atom is -0.451 e. The molecule has 4 aromatic rings. The predicted octanol–water partition coefficient (Wildman–Crippen LogP) is 4.66. The van der Waals surface area contributed by atoms with Crippen molar-refractivity contribution in [3.05, 3.63) is 65.7 Å². The predicted molar refractivity (Wildman–Crippen MR) is 105 cm³/mol. The molecule has 0 saturated heterocycles. The van der Waals surface area contributed by atoms with Crippen LogP contribution in [0.25, 0.3) is 22.0 Å². The Morgan fingerprint density at radius 2 is 2.00 bits per heavy atom. The first kappa shape index (κ1) is 16.7. The van der Waals surface area contributed by atoms with E-state index in [0.29, 0.717) is 5.76 Å². The first-order valence-electron chi connectivity index (χ1n) is 8.42. The average Bonchev–Trinajstić information content (AvgIpc) is 3.24. The SMILES string of the molecule is CSCc1c(C(=O)N[C@H](C)c2nc3ccccc3[nH]2)oc2ccccc12. The van der Waals surface area contributed by atoms with Crippen LogP contribution in [-0.2, 0) is 5.75 Å². The van der Waals surface area contributed by atoms with Gasteiger partial charge in [-0.25, -0.2) is 4.98 Å². The van der Waals surface area contributed by atoms with Gasteiger partial charge in [-0.3, -0.25) is 4.79 Å². The van der Waals surface area contributed by atoms with Crippen LogP contribution in [0.3, 0.4) is 0 Å². The second kappa shape index (κ2) is 6.88. The molecule has 0 aliphatic heterocycles. The number of para-hydroxylation sites is 3. The molecule has 2 N–H and O–H groups in total. The standard InChI is InChI=1S/C20H19N3O2S/c1-12(19-22-15-8-4-5-9-16(15)23-19)21-20(24)18-14(11-26-2)13-7-3-6-10-17(13)25-18/h3-10,12H,11H2,1-2H3,(H,21,24)(H,22,23)/t12-/m1/s1. The Bertz CT molecular complexity index is 1050. The smallest absolute Gasteiger partial charge is 0.287 e. The number of nitrogens with one attached hydrogen (secondary N) is 2. The number of benzene rings is 2. The Hall–Kier alpha value is -2.73. The molecule has 0 saturated carbocycles. The number of carbonyl (C=O) groups excluding carboxylic acids is 1. The Labute approximate surface area is 155 Å². The molecular weight excluding hydrogens is 346 g/mol. The van der Waals surface area contributed by atoms with Crippen molar-refractivity contribution in [1.82, 2.24) is 15.3 Å². The summed E-state index contributed by atoms with van der Waals surface area (Å²) in [5.74, 6) is 1.60. The summed E-state index contributed by atoms with van der Waals surface area (Å²) < 4.78 is 5.85. The number of hydrogen-bond acceptors (Lipinski definition) is 4. The van der Waals surface area contributed by atoms with E-state index >= 15 is 0 Å². The van der Waals surface area contributed by atoms with Crippen LogP contribution >= 0.6 is 11.8 Å². The molecule has 6 heteroatoms. The van der Waals surface area contributed by atoms with Crippen LogP contribution in [0.15, 0.2) is 52.9 Å². The normalized spacial score (nSPS) is 12.5. The van der Waals surface area contributed by atoms with E-state index in [9.17, 15) is 4.79 Å². The molecular formula is C20H19N3O2S. The summed E-state index contributed by atoms with van der Waals surface area (Å²) in [5, 5.41) is 3.99. The molecule has 132 valence electrons. The Morgan fingerprint density at radius 3 is 2.81 bits per heavy atom. The molecule has 2 heterocycles. The van der Waals surface area contributed by atoms with Crippen molar-refractivity contribution in [3.63, 3.8) is 0 Å². The highest BCUT2D eigenvalue weighted by atomic mass is 32.2. The molecule has 0 unspecified atom stereocenters. The summed E-state index contributed by atoms with van der Waals surface area (Å²) >= 11 is 1.67. The van der Waals surface area contributed by atoms with E-state index in [-0.39, 0.29) is 11.9 Å². The van der Waals surface area contributed by atoms with Crippen molar-refractivity contribution >= 4 is 39.7 Å². The molecule has 0 spiro atoms. The number of nitrogens with zero attached hydrogens (tertiary/aromatic N) is 1. The number of carbonyl (C=O) groups is 1. The Morgan fingerprint density at radius 1 is 1.23 bits per heavy atom. The first-order valence-corrected chi connectivity index (χ1v) is 9.81. The summed E-state index contributed by atoms with van der Waals surface area (Å²) in [6.45, 7) is 1.91. The van der Waals surface area contributed by atoms with Gasteiger partial charge in [-0.05, 0) is 31.4 Å². The third-order valence-electron chi connectivity index (χ3n) is 4.36. The van der Waals surface area contributed by atoms with Gasteiger partial charge in [0.15, 0.2) is 5.76 Å². The highest BCUT2D eigenvalue weighted by molar-refractivity contribution is 7.97. The second-order valence-electron chi connectivity index (χ2n) is 6.17. The monoisotopic (exact) mass is 365 g/mol. The quantitative estimate of drug-likeness (QED) is 0.539. The molecule has 1 amide bonds. The lowest BCUT2D eigenvalue weighted by Gasteiger charge is -2.11. The van der Waals surface area contributed by atoms with Crippen molar-refractivity contribution in [2.75, 3.05) is 6.26 Å². The van der Waals surface area contributed by atoms with Gasteiger partial charge in [0.2, 0.25) is 0 Å². The largest absolute Gasteiger partial charge is 0.451 e. The lowest BCUT2D eigenvalue weighted by Crippen LogP contribution is -2.27. The zero-order chi connectivity index (χ0) is 18.1. The van der Waals surface area contributed by atoms with Gasteiger partial charge in [-0.15, -0.1) is 0 Å². The van der Waals surface area contributed by atoms with Gasteiger partial charge in [0.25, 0.3) is 5.91 Å². The van der Waals surface area contributed by atoms with Gasteiger partial charge < -0.3 is 14.7 Å². The minimum absolute atomic E-state index is 0.224. The van der Waals surface area contributed by atoms with Crippen LogP contribution in [0, 0.1) is 0 Å². The fraction of sp³-hybridized carbons (Fsp3) is 0.200. The number of aromatic nitrogens is 2. The maximum Gasteiger partial charge on any atom is 0.287 e. The van der Waals surface area contributed by atoms with E-state index in [1.165, 1.54) is 0 Å². The van der Waals surface area contributed by atoms with Crippen LogP contribution in [-0.4, -0.2) is 22.1 Å². The van der Waals surface area contributed by atoms with E-state index in [2.05, 4.69) is 15.3 Å². The Balaban J connectivity index is 1.63. The lowest BCUT2D eigenvalue weighted by atomic mass is 10.1. The number of H-pyrrole nitrogens is 1. The topological polar surface area (TPSA) is 70.9 Å². The number of amides is 1. The number of fused-ring (bicyclic) bond motifs is 2. The fourth-order valence-corrected chi connectivity index (χ4v) is 3.65. The molecule has 0 aliphatic carbocycles. The van der Waals surface area contributed by atoms with E-state index in [1.807, 2.05) is 61.7 Å². The zero-order valence-electron chi connectivity index (χ0n) is 14.6. The van der Waals surface area contributed by atoms with Gasteiger partial charge in [0.1, 0.15) is 11.4 Å². The highest BCUT2D eigenvalue weighted by Gasteiger charge is 2.22. The van der Waals surface area contributed by atoms with E-state index < -0.39 is 0 Å². The van der Waals surface area contributed by atoms with Crippen molar-refractivity contribution < 1.29 is 9.21 Å². The third-order valence-corrected chi connectivity index (χ3v) is 4.94. The van der Waals surface area contributed by atoms with Gasteiger partial charge in [-0.2, -0.15) is 11.8 Å². The van der Waals surface area contributed by atoms with Gasteiger partial charge in [0, 0.05) is 16.7 Å². The maximum absolute atomic E-state index is 12.9. The number of rotatable bonds is 5. The molecule has 0 bridgehead atoms. The van der Waals surface area contributed by atoms with Crippen LogP contribution in [0.4, 0.5) is 0 Å². The molecule has 2 aromatic heterocycles. The average molecular weight is 365 g/mol. The van der Waals surface area contributed by atoms with Crippen LogP contribution < -0.4 is 5.32 Å². The zero-order valence-corrected chi connectivity index (χ0v) is 15.4. The summed E-state index contributed by atoms with van der Waals surface area (Å²) in [7, 11) is 0. The summed E-state index contributed by atoms with van der Waals surface area (Å²) in [6, 6.07) is 15.3. The van der Waals surface area contributed by atoms with E-state index in [4.69, 9.17) is 4.42 Å². The molecule has 4 rings (SSSR count). The van der Waals surface area contributed by atoms with Gasteiger partial charge >= 0.3 is 0 Å². The number of imidazole rings is 1. The fourth-order valence-electron chi connectivity index (χ4n) is 3.08. The summed E-state index contributed by atoms with van der Waals surface area (Å²) in [5.41, 5.74) is 3.51. The molecule has 0 radical (unpaired) electrons. The van der Waals surface area contributed by atoms with Gasteiger partial charge in [0.05, 0.1) is 17.1 Å². The number of hydrogen-bond donors (Lipinski definition) is 2. The van der Waals surface area contributed by atoms with Gasteiger partial charge in [-0.1, -0.05) is 30.3 Å². The molecule has 1 atom stereocenters. The molecule has 0 aliphatic rings. The van der Waals surface area contributed by atoms with Crippen LogP contribution in [0.2, 0.25) is 0 Å².